The number of ether oxygens (including phenoxy) is 5. The number of aryl methyl sites for hydroxylation is 1. The van der Waals surface area contributed by atoms with Crippen molar-refractivity contribution in [3.63, 3.8) is 0 Å². The van der Waals surface area contributed by atoms with Gasteiger partial charge in [0.25, 0.3) is 0 Å². The molecule has 2 aliphatic rings. The van der Waals surface area contributed by atoms with Crippen molar-refractivity contribution in [2.45, 2.75) is 57.7 Å². The molecule has 1 N–H and O–H groups in total. The Morgan fingerprint density at radius 2 is 1.46 bits per heavy atom. The van der Waals surface area contributed by atoms with Crippen LogP contribution in [0.25, 0.3) is 0 Å². The fraction of sp³-hybridized carbons (Fsp3) is 0.320. The van der Waals surface area contributed by atoms with Gasteiger partial charge in [-0.15, -0.1) is 0 Å². The maximum atomic E-state index is 14.1. The van der Waals surface area contributed by atoms with Crippen molar-refractivity contribution in [1.29, 1.82) is 0 Å². The van der Waals surface area contributed by atoms with Crippen molar-refractivity contribution in [2.75, 3.05) is 68.1 Å². The number of anilines is 4. The van der Waals surface area contributed by atoms with Crippen molar-refractivity contribution >= 4 is 53.4 Å². The lowest BCUT2D eigenvalue weighted by molar-refractivity contribution is -0.107. The molecule has 2 aliphatic heterocycles. The van der Waals surface area contributed by atoms with Gasteiger partial charge in [0.15, 0.2) is 29.3 Å². The van der Waals surface area contributed by atoms with Crippen LogP contribution in [0.4, 0.5) is 33.2 Å². The van der Waals surface area contributed by atoms with Crippen LogP contribution in [0.1, 0.15) is 51.9 Å². The molecule has 0 aromatic heterocycles. The van der Waals surface area contributed by atoms with Gasteiger partial charge in [-0.3, -0.25) is 19.5 Å². The van der Waals surface area contributed by atoms with Gasteiger partial charge in [0.2, 0.25) is 6.41 Å². The van der Waals surface area contributed by atoms with Crippen LogP contribution in [-0.2, 0) is 29.0 Å². The lowest BCUT2D eigenvalue weighted by Gasteiger charge is -2.31. The Bertz CT molecular complexity index is 2420. The number of carbonyl (C=O) groups is 3. The number of unbranched alkanes of at least 4 members (excludes halogenated alkanes) is 2. The van der Waals surface area contributed by atoms with Crippen LogP contribution >= 0.6 is 0 Å². The third-order valence-electron chi connectivity index (χ3n) is 11.7. The first-order valence-electron chi connectivity index (χ1n) is 21.2. The highest BCUT2D eigenvalue weighted by Crippen LogP contribution is 2.39. The van der Waals surface area contributed by atoms with Gasteiger partial charge in [-0.25, -0.2) is 4.79 Å². The number of amides is 2. The Morgan fingerprint density at radius 3 is 2.11 bits per heavy atom. The molecule has 2 atom stereocenters. The topological polar surface area (TPSA) is 131 Å². The number of para-hydroxylation sites is 2. The summed E-state index contributed by atoms with van der Waals surface area (Å²) in [6.45, 7) is 3.09. The number of rotatable bonds is 20. The van der Waals surface area contributed by atoms with E-state index in [1.54, 1.807) is 24.1 Å². The number of likely N-dealkylation sites (N-methyl/N-ethyl adjacent to an activating group) is 1. The molecular weight excluding hydrogens is 799 g/mol. The van der Waals surface area contributed by atoms with Crippen LogP contribution in [0.3, 0.4) is 0 Å². The van der Waals surface area contributed by atoms with Gasteiger partial charge in [0.1, 0.15) is 6.61 Å². The van der Waals surface area contributed by atoms with E-state index >= 15 is 0 Å². The average molecular weight is 854 g/mol. The van der Waals surface area contributed by atoms with Gasteiger partial charge in [-0.1, -0.05) is 48.5 Å². The van der Waals surface area contributed by atoms with Crippen LogP contribution in [0.2, 0.25) is 0 Å². The first-order chi connectivity index (χ1) is 30.7. The van der Waals surface area contributed by atoms with E-state index in [1.165, 1.54) is 17.6 Å². The fourth-order valence-electron chi connectivity index (χ4n) is 8.11. The molecule has 0 radical (unpaired) electrons. The highest BCUT2D eigenvalue weighted by molar-refractivity contribution is 5.96. The van der Waals surface area contributed by atoms with Gasteiger partial charge in [-0.2, -0.15) is 0 Å². The number of nitrogens with zero attached hydrogens (tertiary/aromatic N) is 4. The minimum absolute atomic E-state index is 0.0584. The first-order valence-corrected chi connectivity index (χ1v) is 21.2. The van der Waals surface area contributed by atoms with Crippen LogP contribution in [0.5, 0.6) is 23.0 Å². The summed E-state index contributed by atoms with van der Waals surface area (Å²) in [5, 5.41) is 3.10. The minimum atomic E-state index is -0.579. The molecule has 5 aromatic rings. The second-order valence-corrected chi connectivity index (χ2v) is 15.6. The molecule has 0 fully saturated rings. The number of fused-ring (bicyclic) bond motifs is 2. The predicted octanol–water partition coefficient (Wildman–Crippen LogP) is 8.99. The molecule has 5 aromatic carbocycles. The van der Waals surface area contributed by atoms with E-state index < -0.39 is 6.09 Å². The smallest absolute Gasteiger partial charge is 0.414 e. The molecule has 63 heavy (non-hydrogen) atoms. The van der Waals surface area contributed by atoms with Crippen molar-refractivity contribution in [2.24, 2.45) is 4.99 Å². The molecule has 2 heterocycles. The normalized spacial score (nSPS) is 15.1. The Labute approximate surface area is 369 Å². The molecule has 0 bridgehead atoms. The summed E-state index contributed by atoms with van der Waals surface area (Å²) >= 11 is 0. The second kappa shape index (κ2) is 20.7. The highest BCUT2D eigenvalue weighted by Gasteiger charge is 2.33. The summed E-state index contributed by atoms with van der Waals surface area (Å²) in [5.74, 6) is 2.00. The number of methoxy groups -OCH3 is 2. The van der Waals surface area contributed by atoms with Gasteiger partial charge in [0.05, 0.1) is 50.9 Å². The van der Waals surface area contributed by atoms with E-state index in [2.05, 4.69) is 22.3 Å². The lowest BCUT2D eigenvalue weighted by Crippen LogP contribution is -2.44. The Morgan fingerprint density at radius 1 is 0.810 bits per heavy atom. The SMILES string of the molecule is CNc1ccc(COC(=O)N(CC2Cc3ccccc3N2C)c2cc(OCCCCCOc3cc(/N=C\[C@@H]4Cc5ccccc5N4C=O)c(C)cc3OC)c(OC)cc2C=O)cc1. The standard InChI is InChI=1S/C50H55N5O8/c1-34-23-46(59-4)48(27-42(34)52-29-40-24-37-14-8-10-16-44(37)55(40)33-57)61-21-11-6-12-22-62-49-28-45(38(31-56)26-47(49)60-5)54(30-41-25-36-13-7-9-15-43(36)53(41)3)50(58)63-32-35-17-19-39(51-2)20-18-35/h7-10,13-20,23,26-29,31,33,40-41,51H,6,11-12,21-22,24-25,30,32H2,1-5H3/b52-29-/t40-,41?/m0/s1. The number of carbonyl (C=O) groups excluding carboxylic acids is 3. The third kappa shape index (κ3) is 10.2. The fourth-order valence-corrected chi connectivity index (χ4v) is 8.11. The lowest BCUT2D eigenvalue weighted by atomic mass is 10.1. The zero-order valence-corrected chi connectivity index (χ0v) is 36.5. The van der Waals surface area contributed by atoms with Gasteiger partial charge >= 0.3 is 6.09 Å². The van der Waals surface area contributed by atoms with E-state index in [0.29, 0.717) is 54.7 Å². The summed E-state index contributed by atoms with van der Waals surface area (Å²) in [4.78, 5) is 48.8. The molecule has 0 saturated carbocycles. The summed E-state index contributed by atoms with van der Waals surface area (Å²) in [5.41, 5.74) is 8.41. The summed E-state index contributed by atoms with van der Waals surface area (Å²) in [6, 6.07) is 30.6. The molecule has 0 saturated heterocycles. The van der Waals surface area contributed by atoms with Crippen LogP contribution in [0.15, 0.2) is 102 Å². The molecule has 13 heteroatoms. The van der Waals surface area contributed by atoms with Crippen molar-refractivity contribution < 1.29 is 38.1 Å². The van der Waals surface area contributed by atoms with Crippen molar-refractivity contribution in [3.8, 4) is 23.0 Å². The van der Waals surface area contributed by atoms with Crippen molar-refractivity contribution in [3.05, 3.63) is 125 Å². The van der Waals surface area contributed by atoms with Gasteiger partial charge in [0, 0.05) is 68.0 Å². The quantitative estimate of drug-likeness (QED) is 0.0460. The molecule has 7 rings (SSSR count). The molecule has 0 aliphatic carbocycles. The Hall–Kier alpha value is -7.02. The predicted molar refractivity (Wildman–Crippen MR) is 247 cm³/mol. The maximum absolute atomic E-state index is 14.1. The number of nitrogens with one attached hydrogen (secondary N) is 1. The molecular formula is C50H55N5O8. The van der Waals surface area contributed by atoms with Crippen LogP contribution < -0.4 is 39.0 Å². The van der Waals surface area contributed by atoms with E-state index in [1.807, 2.05) is 100 Å². The third-order valence-corrected chi connectivity index (χ3v) is 11.7. The number of benzene rings is 5. The highest BCUT2D eigenvalue weighted by atomic mass is 16.6. The molecule has 1 unspecified atom stereocenters. The number of aliphatic imine (C=N–C) groups is 1. The second-order valence-electron chi connectivity index (χ2n) is 15.6. The average Bonchev–Trinajstić information content (AvgIpc) is 3.84. The van der Waals surface area contributed by atoms with Crippen LogP contribution in [-0.4, -0.2) is 85.2 Å². The largest absolute Gasteiger partial charge is 0.493 e. The van der Waals surface area contributed by atoms with E-state index in [4.69, 9.17) is 28.7 Å². The molecule has 13 nitrogen and oxygen atoms in total. The molecule has 0 spiro atoms. The summed E-state index contributed by atoms with van der Waals surface area (Å²) in [7, 11) is 6.99. The Balaban J connectivity index is 0.986. The van der Waals surface area contributed by atoms with Gasteiger partial charge in [-0.05, 0) is 91.3 Å². The number of hydrogen-bond donors (Lipinski definition) is 1. The van der Waals surface area contributed by atoms with E-state index in [0.717, 1.165) is 71.4 Å². The van der Waals surface area contributed by atoms with E-state index in [-0.39, 0.29) is 30.8 Å². The molecule has 328 valence electrons. The number of aldehydes is 1. The van der Waals surface area contributed by atoms with Crippen LogP contribution in [0, 0.1) is 6.92 Å². The maximum Gasteiger partial charge on any atom is 0.414 e. The monoisotopic (exact) mass is 853 g/mol. The van der Waals surface area contributed by atoms with E-state index in [9.17, 15) is 14.4 Å². The Kier molecular flexibility index (Phi) is 14.5. The summed E-state index contributed by atoms with van der Waals surface area (Å²) in [6.07, 6.45) is 6.50. The zero-order valence-electron chi connectivity index (χ0n) is 36.5. The van der Waals surface area contributed by atoms with Gasteiger partial charge < -0.3 is 38.8 Å². The minimum Gasteiger partial charge on any atom is -0.493 e. The summed E-state index contributed by atoms with van der Waals surface area (Å²) < 4.78 is 29.7. The molecule has 2 amide bonds. The number of hydrogen-bond acceptors (Lipinski definition) is 11. The van der Waals surface area contributed by atoms with Crippen molar-refractivity contribution in [1.82, 2.24) is 0 Å². The first kappa shape index (κ1) is 44.0. The zero-order chi connectivity index (χ0) is 44.3.